The standard InChI is InChI=1S/C12H11BrFNO5/c13-7-3-6(4-8(14)5-7)11(18)15-9(12(19)20)1-2-10(16)17/h3-5,9H,1-2H2,(H,15,18)(H,16,17)(H,19,20)/t9-/m0/s1. The van der Waals surface area contributed by atoms with Crippen LogP contribution in [0.1, 0.15) is 23.2 Å². The Morgan fingerprint density at radius 2 is 1.90 bits per heavy atom. The van der Waals surface area contributed by atoms with E-state index in [1.54, 1.807) is 0 Å². The number of carbonyl (C=O) groups excluding carboxylic acids is 1. The first kappa shape index (κ1) is 16.1. The van der Waals surface area contributed by atoms with Crippen LogP contribution in [0.2, 0.25) is 0 Å². The fourth-order valence-corrected chi connectivity index (χ4v) is 1.92. The number of amides is 1. The minimum Gasteiger partial charge on any atom is -0.481 e. The van der Waals surface area contributed by atoms with Crippen molar-refractivity contribution in [3.05, 3.63) is 34.1 Å². The number of benzene rings is 1. The molecule has 0 saturated carbocycles. The molecule has 1 amide bonds. The minimum atomic E-state index is -1.35. The lowest BCUT2D eigenvalue weighted by molar-refractivity contribution is -0.140. The molecule has 0 radical (unpaired) electrons. The molecular formula is C12H11BrFNO5. The zero-order chi connectivity index (χ0) is 15.3. The number of carboxylic acid groups (broad SMARTS) is 2. The zero-order valence-electron chi connectivity index (χ0n) is 10.1. The topological polar surface area (TPSA) is 104 Å². The highest BCUT2D eigenvalue weighted by atomic mass is 79.9. The van der Waals surface area contributed by atoms with Gasteiger partial charge in [-0.25, -0.2) is 9.18 Å². The van der Waals surface area contributed by atoms with E-state index in [1.807, 2.05) is 0 Å². The molecule has 1 aromatic rings. The lowest BCUT2D eigenvalue weighted by Crippen LogP contribution is -2.41. The highest BCUT2D eigenvalue weighted by Crippen LogP contribution is 2.15. The lowest BCUT2D eigenvalue weighted by Gasteiger charge is -2.13. The third kappa shape index (κ3) is 4.96. The molecule has 0 aliphatic rings. The molecule has 0 aliphatic heterocycles. The molecule has 20 heavy (non-hydrogen) atoms. The smallest absolute Gasteiger partial charge is 0.326 e. The van der Waals surface area contributed by atoms with E-state index in [4.69, 9.17) is 10.2 Å². The summed E-state index contributed by atoms with van der Waals surface area (Å²) in [6.07, 6.45) is -0.656. The first-order chi connectivity index (χ1) is 9.29. The van der Waals surface area contributed by atoms with Gasteiger partial charge in [0.1, 0.15) is 11.9 Å². The Morgan fingerprint density at radius 3 is 2.40 bits per heavy atom. The fourth-order valence-electron chi connectivity index (χ4n) is 1.45. The molecule has 3 N–H and O–H groups in total. The maximum atomic E-state index is 13.1. The second-order valence-corrected chi connectivity index (χ2v) is 4.87. The maximum Gasteiger partial charge on any atom is 0.326 e. The molecule has 8 heteroatoms. The van der Waals surface area contributed by atoms with E-state index < -0.39 is 36.1 Å². The van der Waals surface area contributed by atoms with Crippen molar-refractivity contribution in [2.45, 2.75) is 18.9 Å². The first-order valence-corrected chi connectivity index (χ1v) is 6.30. The van der Waals surface area contributed by atoms with Gasteiger partial charge in [0.15, 0.2) is 0 Å². The van der Waals surface area contributed by atoms with Gasteiger partial charge < -0.3 is 15.5 Å². The second kappa shape index (κ2) is 6.99. The molecule has 0 bridgehead atoms. The molecule has 1 atom stereocenters. The van der Waals surface area contributed by atoms with Crippen molar-refractivity contribution in [2.75, 3.05) is 0 Å². The summed E-state index contributed by atoms with van der Waals surface area (Å²) in [6, 6.07) is 2.08. The van der Waals surface area contributed by atoms with Gasteiger partial charge in [-0.3, -0.25) is 9.59 Å². The molecule has 1 aromatic carbocycles. The van der Waals surface area contributed by atoms with E-state index in [0.717, 1.165) is 12.1 Å². The van der Waals surface area contributed by atoms with Crippen LogP contribution < -0.4 is 5.32 Å². The van der Waals surface area contributed by atoms with Crippen LogP contribution in [0.4, 0.5) is 4.39 Å². The molecule has 0 heterocycles. The quantitative estimate of drug-likeness (QED) is 0.725. The Bertz CT molecular complexity index is 528. The molecule has 0 unspecified atom stereocenters. The number of nitrogens with one attached hydrogen (secondary N) is 1. The fraction of sp³-hybridized carbons (Fsp3) is 0.250. The SMILES string of the molecule is O=C(O)CC[C@H](NC(=O)c1cc(F)cc(Br)c1)C(=O)O. The Labute approximate surface area is 121 Å². The van der Waals surface area contributed by atoms with Gasteiger partial charge in [0, 0.05) is 16.5 Å². The third-order valence-corrected chi connectivity index (χ3v) is 2.83. The third-order valence-electron chi connectivity index (χ3n) is 2.38. The van der Waals surface area contributed by atoms with Gasteiger partial charge in [0.05, 0.1) is 0 Å². The summed E-state index contributed by atoms with van der Waals surface area (Å²) >= 11 is 3.01. The molecular weight excluding hydrogens is 337 g/mol. The van der Waals surface area contributed by atoms with Crippen molar-refractivity contribution in [1.82, 2.24) is 5.32 Å². The summed E-state index contributed by atoms with van der Waals surface area (Å²) < 4.78 is 13.5. The van der Waals surface area contributed by atoms with Gasteiger partial charge in [-0.1, -0.05) is 15.9 Å². The molecule has 0 spiro atoms. The Morgan fingerprint density at radius 1 is 1.25 bits per heavy atom. The number of carbonyl (C=O) groups is 3. The predicted molar refractivity (Wildman–Crippen MR) is 69.9 cm³/mol. The minimum absolute atomic E-state index is 0.0570. The maximum absolute atomic E-state index is 13.1. The first-order valence-electron chi connectivity index (χ1n) is 5.51. The largest absolute Gasteiger partial charge is 0.481 e. The van der Waals surface area contributed by atoms with Gasteiger partial charge in [-0.2, -0.15) is 0 Å². The lowest BCUT2D eigenvalue weighted by atomic mass is 10.1. The molecule has 6 nitrogen and oxygen atoms in total. The van der Waals surface area contributed by atoms with E-state index >= 15 is 0 Å². The van der Waals surface area contributed by atoms with Gasteiger partial charge in [-0.05, 0) is 24.6 Å². The molecule has 0 fully saturated rings. The van der Waals surface area contributed by atoms with E-state index in [1.165, 1.54) is 6.07 Å². The average Bonchev–Trinajstić information content (AvgIpc) is 2.32. The summed E-state index contributed by atoms with van der Waals surface area (Å²) in [5.41, 5.74) is -0.0570. The predicted octanol–water partition coefficient (Wildman–Crippen LogP) is 1.64. The molecule has 0 saturated heterocycles. The number of halogens is 2. The summed E-state index contributed by atoms with van der Waals surface area (Å²) in [6.45, 7) is 0. The summed E-state index contributed by atoms with van der Waals surface area (Å²) in [4.78, 5) is 33.1. The van der Waals surface area contributed by atoms with Crippen LogP contribution in [0, 0.1) is 5.82 Å². The van der Waals surface area contributed by atoms with E-state index in [9.17, 15) is 18.8 Å². The van der Waals surface area contributed by atoms with Crippen molar-refractivity contribution in [3.63, 3.8) is 0 Å². The van der Waals surface area contributed by atoms with Crippen LogP contribution in [0.15, 0.2) is 22.7 Å². The monoisotopic (exact) mass is 347 g/mol. The van der Waals surface area contributed by atoms with Gasteiger partial charge in [-0.15, -0.1) is 0 Å². The van der Waals surface area contributed by atoms with Crippen LogP contribution in [0.5, 0.6) is 0 Å². The number of rotatable bonds is 6. The van der Waals surface area contributed by atoms with E-state index in [-0.39, 0.29) is 12.0 Å². The van der Waals surface area contributed by atoms with Crippen molar-refractivity contribution in [1.29, 1.82) is 0 Å². The Balaban J connectivity index is 2.79. The summed E-state index contributed by atoms with van der Waals surface area (Å²) in [5.74, 6) is -3.96. The summed E-state index contributed by atoms with van der Waals surface area (Å²) in [5, 5.41) is 19.6. The number of carboxylic acids is 2. The van der Waals surface area contributed by atoms with E-state index in [0.29, 0.717) is 4.47 Å². The molecule has 108 valence electrons. The highest BCUT2D eigenvalue weighted by Gasteiger charge is 2.22. The van der Waals surface area contributed by atoms with Gasteiger partial charge >= 0.3 is 11.9 Å². The number of aliphatic carboxylic acids is 2. The molecule has 0 aromatic heterocycles. The Kier molecular flexibility index (Phi) is 5.63. The zero-order valence-corrected chi connectivity index (χ0v) is 11.7. The highest BCUT2D eigenvalue weighted by molar-refractivity contribution is 9.10. The number of hydrogen-bond donors (Lipinski definition) is 3. The van der Waals surface area contributed by atoms with Crippen molar-refractivity contribution in [3.8, 4) is 0 Å². The van der Waals surface area contributed by atoms with Crippen molar-refractivity contribution < 1.29 is 29.0 Å². The van der Waals surface area contributed by atoms with E-state index in [2.05, 4.69) is 21.2 Å². The van der Waals surface area contributed by atoms with Gasteiger partial charge in [0.2, 0.25) is 0 Å². The Hall–Kier alpha value is -1.96. The molecule has 0 aliphatic carbocycles. The van der Waals surface area contributed by atoms with Gasteiger partial charge in [0.25, 0.3) is 5.91 Å². The number of hydrogen-bond acceptors (Lipinski definition) is 3. The summed E-state index contributed by atoms with van der Waals surface area (Å²) in [7, 11) is 0. The van der Waals surface area contributed by atoms with Crippen LogP contribution in [-0.4, -0.2) is 34.1 Å². The van der Waals surface area contributed by atoms with Crippen LogP contribution in [0.25, 0.3) is 0 Å². The second-order valence-electron chi connectivity index (χ2n) is 3.95. The van der Waals surface area contributed by atoms with Crippen molar-refractivity contribution in [2.24, 2.45) is 0 Å². The van der Waals surface area contributed by atoms with Crippen LogP contribution in [-0.2, 0) is 9.59 Å². The van der Waals surface area contributed by atoms with Crippen molar-refractivity contribution >= 4 is 33.8 Å². The normalized spacial score (nSPS) is 11.7. The van der Waals surface area contributed by atoms with Crippen LogP contribution >= 0.6 is 15.9 Å². The van der Waals surface area contributed by atoms with Crippen LogP contribution in [0.3, 0.4) is 0 Å². The molecule has 1 rings (SSSR count). The average molecular weight is 348 g/mol.